The van der Waals surface area contributed by atoms with Crippen LogP contribution < -0.4 is 0 Å². The van der Waals surface area contributed by atoms with E-state index in [-0.39, 0.29) is 6.10 Å². The first-order valence-electron chi connectivity index (χ1n) is 5.22. The van der Waals surface area contributed by atoms with E-state index in [1.807, 2.05) is 30.3 Å². The topological polar surface area (TPSA) is 47.9 Å². The summed E-state index contributed by atoms with van der Waals surface area (Å²) in [5.74, 6) is 0. The minimum absolute atomic E-state index is 0.00688. The molecule has 1 unspecified atom stereocenters. The predicted molar refractivity (Wildman–Crippen MR) is 59.0 cm³/mol. The molecule has 1 aliphatic heterocycles. The molecule has 0 aromatic heterocycles. The van der Waals surface area contributed by atoms with E-state index in [1.165, 1.54) is 0 Å². The zero-order chi connectivity index (χ0) is 11.2. The second kappa shape index (κ2) is 5.30. The number of carbonyl (C=O) groups excluding carboxylic acids is 1. The number of nitrogens with zero attached hydrogens (tertiary/aromatic N) is 1. The molecule has 4 nitrogen and oxygen atoms in total. The summed E-state index contributed by atoms with van der Waals surface area (Å²) in [5, 5.41) is 3.99. The van der Waals surface area contributed by atoms with Gasteiger partial charge >= 0.3 is 0 Å². The molecular weight excluding hydrogens is 206 g/mol. The van der Waals surface area contributed by atoms with Crippen molar-refractivity contribution in [1.82, 2.24) is 0 Å². The summed E-state index contributed by atoms with van der Waals surface area (Å²) in [6.45, 7) is 0.818. The van der Waals surface area contributed by atoms with Gasteiger partial charge in [0, 0.05) is 12.8 Å². The number of rotatable bonds is 5. The van der Waals surface area contributed by atoms with Gasteiger partial charge in [0.15, 0.2) is 6.10 Å². The first-order valence-corrected chi connectivity index (χ1v) is 5.22. The molecule has 1 aromatic rings. The van der Waals surface area contributed by atoms with Gasteiger partial charge in [0.1, 0.15) is 0 Å². The Kier molecular flexibility index (Phi) is 3.53. The second-order valence-electron chi connectivity index (χ2n) is 3.58. The average molecular weight is 219 g/mol. The lowest BCUT2D eigenvalue weighted by Gasteiger charge is -2.07. The maximum atomic E-state index is 9.97. The van der Waals surface area contributed by atoms with E-state index < -0.39 is 0 Å². The van der Waals surface area contributed by atoms with Crippen molar-refractivity contribution in [3.63, 3.8) is 0 Å². The summed E-state index contributed by atoms with van der Waals surface area (Å²) < 4.78 is 4.62. The Bertz CT molecular complexity index is 375. The van der Waals surface area contributed by atoms with Crippen molar-refractivity contribution in [1.29, 1.82) is 0 Å². The van der Waals surface area contributed by atoms with E-state index in [0.717, 1.165) is 17.7 Å². The third-order valence-electron chi connectivity index (χ3n) is 2.48. The maximum absolute atomic E-state index is 9.97. The minimum atomic E-state index is 0.00688. The van der Waals surface area contributed by atoms with Crippen LogP contribution in [0.3, 0.4) is 0 Å². The lowest BCUT2D eigenvalue weighted by molar-refractivity contribution is -0.128. The highest BCUT2D eigenvalue weighted by molar-refractivity contribution is 5.85. The van der Waals surface area contributed by atoms with Crippen molar-refractivity contribution in [3.8, 4) is 0 Å². The number of oxime groups is 1. The van der Waals surface area contributed by atoms with Gasteiger partial charge in [-0.05, 0) is 5.56 Å². The summed E-state index contributed by atoms with van der Waals surface area (Å²) in [4.78, 5) is 15.3. The minimum Gasteiger partial charge on any atom is -0.467 e. The molecule has 0 aliphatic carbocycles. The Balaban J connectivity index is 1.84. The smallest absolute Gasteiger partial charge is 0.293 e. The SMILES string of the molecule is O=COCCC1=NOC(c2ccccc2)C1. The van der Waals surface area contributed by atoms with Crippen LogP contribution in [0.5, 0.6) is 0 Å². The summed E-state index contributed by atoms with van der Waals surface area (Å²) in [6.07, 6.45) is 1.42. The maximum Gasteiger partial charge on any atom is 0.293 e. The summed E-state index contributed by atoms with van der Waals surface area (Å²) in [6, 6.07) is 9.96. The van der Waals surface area contributed by atoms with Crippen LogP contribution in [0, 0.1) is 0 Å². The van der Waals surface area contributed by atoms with Crippen molar-refractivity contribution in [3.05, 3.63) is 35.9 Å². The van der Waals surface area contributed by atoms with Crippen molar-refractivity contribution in [2.75, 3.05) is 6.61 Å². The molecule has 0 saturated carbocycles. The molecule has 16 heavy (non-hydrogen) atoms. The molecule has 2 rings (SSSR count). The lowest BCUT2D eigenvalue weighted by atomic mass is 10.0. The van der Waals surface area contributed by atoms with Gasteiger partial charge in [-0.2, -0.15) is 0 Å². The highest BCUT2D eigenvalue weighted by atomic mass is 16.6. The van der Waals surface area contributed by atoms with E-state index in [4.69, 9.17) is 4.84 Å². The third kappa shape index (κ3) is 2.59. The molecule has 1 aromatic carbocycles. The quantitative estimate of drug-likeness (QED) is 0.562. The van der Waals surface area contributed by atoms with Crippen LogP contribution in [0.2, 0.25) is 0 Å². The molecule has 1 atom stereocenters. The largest absolute Gasteiger partial charge is 0.467 e. The second-order valence-corrected chi connectivity index (χ2v) is 3.58. The number of ether oxygens (including phenoxy) is 1. The molecule has 0 spiro atoms. The first-order chi connectivity index (χ1) is 7.90. The van der Waals surface area contributed by atoms with Gasteiger partial charge in [0.05, 0.1) is 12.3 Å². The fourth-order valence-electron chi connectivity index (χ4n) is 1.65. The van der Waals surface area contributed by atoms with Gasteiger partial charge in [-0.1, -0.05) is 35.5 Å². The Hall–Kier alpha value is -1.84. The zero-order valence-corrected chi connectivity index (χ0v) is 8.83. The lowest BCUT2D eigenvalue weighted by Crippen LogP contribution is -2.03. The molecule has 1 aliphatic rings. The Morgan fingerprint density at radius 2 is 2.25 bits per heavy atom. The van der Waals surface area contributed by atoms with Crippen molar-refractivity contribution in [2.45, 2.75) is 18.9 Å². The van der Waals surface area contributed by atoms with Crippen LogP contribution in [-0.4, -0.2) is 18.8 Å². The summed E-state index contributed by atoms with van der Waals surface area (Å²) in [7, 11) is 0. The van der Waals surface area contributed by atoms with Crippen LogP contribution in [0.4, 0.5) is 0 Å². The summed E-state index contributed by atoms with van der Waals surface area (Å²) >= 11 is 0. The van der Waals surface area contributed by atoms with Gasteiger partial charge in [-0.3, -0.25) is 4.79 Å². The Morgan fingerprint density at radius 1 is 1.44 bits per heavy atom. The van der Waals surface area contributed by atoms with Crippen molar-refractivity contribution < 1.29 is 14.4 Å². The number of hydrogen-bond acceptors (Lipinski definition) is 4. The normalized spacial score (nSPS) is 18.8. The Labute approximate surface area is 93.9 Å². The molecular formula is C12H13NO3. The van der Waals surface area contributed by atoms with E-state index in [1.54, 1.807) is 0 Å². The number of benzene rings is 1. The standard InChI is InChI=1S/C12H13NO3/c14-9-15-7-6-11-8-12(16-13-11)10-4-2-1-3-5-10/h1-5,9,12H,6-8H2. The fraction of sp³-hybridized carbons (Fsp3) is 0.333. The van der Waals surface area contributed by atoms with E-state index in [9.17, 15) is 4.79 Å². The average Bonchev–Trinajstić information content (AvgIpc) is 2.79. The van der Waals surface area contributed by atoms with Crippen molar-refractivity contribution in [2.24, 2.45) is 5.16 Å². The number of carbonyl (C=O) groups is 1. The molecule has 0 fully saturated rings. The summed E-state index contributed by atoms with van der Waals surface area (Å²) in [5.41, 5.74) is 2.06. The molecule has 0 radical (unpaired) electrons. The van der Waals surface area contributed by atoms with Crippen LogP contribution >= 0.6 is 0 Å². The number of hydrogen-bond donors (Lipinski definition) is 0. The fourth-order valence-corrected chi connectivity index (χ4v) is 1.65. The monoisotopic (exact) mass is 219 g/mol. The van der Waals surface area contributed by atoms with Gasteiger partial charge in [0.25, 0.3) is 6.47 Å². The highest BCUT2D eigenvalue weighted by Crippen LogP contribution is 2.27. The van der Waals surface area contributed by atoms with E-state index in [0.29, 0.717) is 19.5 Å². The zero-order valence-electron chi connectivity index (χ0n) is 8.83. The molecule has 0 saturated heterocycles. The van der Waals surface area contributed by atoms with E-state index in [2.05, 4.69) is 9.89 Å². The molecule has 0 bridgehead atoms. The van der Waals surface area contributed by atoms with Crippen LogP contribution in [0.25, 0.3) is 0 Å². The first kappa shape index (κ1) is 10.7. The van der Waals surface area contributed by atoms with Crippen LogP contribution in [-0.2, 0) is 14.4 Å². The van der Waals surface area contributed by atoms with Gasteiger partial charge in [0.2, 0.25) is 0 Å². The van der Waals surface area contributed by atoms with E-state index >= 15 is 0 Å². The molecule has 84 valence electrons. The van der Waals surface area contributed by atoms with Crippen LogP contribution in [0.15, 0.2) is 35.5 Å². The third-order valence-corrected chi connectivity index (χ3v) is 2.48. The highest BCUT2D eigenvalue weighted by Gasteiger charge is 2.22. The molecule has 4 heteroatoms. The predicted octanol–water partition coefficient (Wildman–Crippen LogP) is 2.07. The molecule has 1 heterocycles. The van der Waals surface area contributed by atoms with Crippen molar-refractivity contribution >= 4 is 12.2 Å². The molecule has 0 N–H and O–H groups in total. The van der Waals surface area contributed by atoms with Crippen LogP contribution in [0.1, 0.15) is 24.5 Å². The van der Waals surface area contributed by atoms with Gasteiger partial charge < -0.3 is 9.57 Å². The van der Waals surface area contributed by atoms with Gasteiger partial charge in [-0.15, -0.1) is 0 Å². The molecule has 0 amide bonds. The Morgan fingerprint density at radius 3 is 3.00 bits per heavy atom. The van der Waals surface area contributed by atoms with Gasteiger partial charge in [-0.25, -0.2) is 0 Å².